The molecule has 0 saturated heterocycles. The highest BCUT2D eigenvalue weighted by Gasteiger charge is 2.19. The van der Waals surface area contributed by atoms with Crippen molar-refractivity contribution in [2.45, 2.75) is 13.3 Å². The molecule has 0 aromatic heterocycles. The maximum absolute atomic E-state index is 11.0. The first-order chi connectivity index (χ1) is 8.82. The van der Waals surface area contributed by atoms with Crippen molar-refractivity contribution in [1.82, 2.24) is 0 Å². The average Bonchev–Trinajstić information content (AvgIpc) is 2.29. The molecule has 7 nitrogen and oxygen atoms in total. The fraction of sp³-hybridized carbons (Fsp3) is 0.167. The van der Waals surface area contributed by atoms with Crippen LogP contribution in [0.3, 0.4) is 0 Å². The van der Waals surface area contributed by atoms with Crippen LogP contribution in [0.1, 0.15) is 27.9 Å². The molecule has 0 radical (unpaired) electrons. The average molecular weight is 262 g/mol. The van der Waals surface area contributed by atoms with Crippen molar-refractivity contribution >= 4 is 17.6 Å². The second-order valence-electron chi connectivity index (χ2n) is 3.68. The Balaban J connectivity index is 3.33. The number of nitro benzene ring substituents is 1. The summed E-state index contributed by atoms with van der Waals surface area (Å²) in [5.74, 6) is 2.98. The third-order valence-corrected chi connectivity index (χ3v) is 2.30. The Morgan fingerprint density at radius 3 is 2.58 bits per heavy atom. The Bertz CT molecular complexity index is 590. The van der Waals surface area contributed by atoms with E-state index in [1.54, 1.807) is 0 Å². The van der Waals surface area contributed by atoms with Gasteiger partial charge in [0.1, 0.15) is 0 Å². The van der Waals surface area contributed by atoms with Crippen molar-refractivity contribution in [3.63, 3.8) is 0 Å². The van der Waals surface area contributed by atoms with Crippen molar-refractivity contribution in [3.8, 4) is 11.8 Å². The molecule has 1 aromatic rings. The lowest BCUT2D eigenvalue weighted by Gasteiger charge is -2.03. The van der Waals surface area contributed by atoms with Crippen LogP contribution in [0.4, 0.5) is 5.69 Å². The normalized spacial score (nSPS) is 9.32. The number of carbonyl (C=O) groups is 2. The van der Waals surface area contributed by atoms with E-state index in [4.69, 9.17) is 10.8 Å². The quantitative estimate of drug-likeness (QED) is 0.474. The van der Waals surface area contributed by atoms with E-state index in [-0.39, 0.29) is 28.8 Å². The van der Waals surface area contributed by atoms with Crippen LogP contribution in [0.2, 0.25) is 0 Å². The topological polar surface area (TPSA) is 124 Å². The van der Waals surface area contributed by atoms with Crippen molar-refractivity contribution in [2.24, 2.45) is 5.73 Å². The summed E-state index contributed by atoms with van der Waals surface area (Å²) in [6, 6.07) is 2.38. The summed E-state index contributed by atoms with van der Waals surface area (Å²) in [4.78, 5) is 31.6. The second kappa shape index (κ2) is 5.64. The SMILES string of the molecule is Cc1c(C(=O)O)cc(C#CCC(N)=O)cc1[N+](=O)[O-]. The number of amides is 1. The Hall–Kier alpha value is -2.88. The van der Waals surface area contributed by atoms with E-state index in [0.717, 1.165) is 6.07 Å². The molecule has 0 aliphatic rings. The van der Waals surface area contributed by atoms with Crippen molar-refractivity contribution in [3.05, 3.63) is 38.9 Å². The Morgan fingerprint density at radius 1 is 1.47 bits per heavy atom. The Morgan fingerprint density at radius 2 is 2.11 bits per heavy atom. The van der Waals surface area contributed by atoms with Gasteiger partial charge in [0.15, 0.2) is 0 Å². The zero-order valence-corrected chi connectivity index (χ0v) is 9.97. The minimum absolute atomic E-state index is 0.0537. The maximum Gasteiger partial charge on any atom is 0.336 e. The Kier molecular flexibility index (Phi) is 4.21. The molecule has 0 aliphatic carbocycles. The van der Waals surface area contributed by atoms with Crippen molar-refractivity contribution < 1.29 is 19.6 Å². The summed E-state index contributed by atoms with van der Waals surface area (Å²) in [5.41, 5.74) is 4.57. The number of carbonyl (C=O) groups excluding carboxylic acids is 1. The number of primary amides is 1. The molecule has 1 amide bonds. The number of carboxylic acids is 1. The second-order valence-corrected chi connectivity index (χ2v) is 3.68. The van der Waals surface area contributed by atoms with Crippen LogP contribution in [-0.4, -0.2) is 21.9 Å². The predicted octanol–water partition coefficient (Wildman–Crippen LogP) is 0.828. The molecule has 0 unspecified atom stereocenters. The zero-order chi connectivity index (χ0) is 14.6. The molecular formula is C12H10N2O5. The van der Waals surface area contributed by atoms with Gasteiger partial charge in [0.05, 0.1) is 16.9 Å². The Labute approximate surface area is 108 Å². The van der Waals surface area contributed by atoms with Gasteiger partial charge in [0, 0.05) is 17.2 Å². The summed E-state index contributed by atoms with van der Waals surface area (Å²) in [6.45, 7) is 1.35. The van der Waals surface area contributed by atoms with Crippen molar-refractivity contribution in [1.29, 1.82) is 0 Å². The van der Waals surface area contributed by atoms with Gasteiger partial charge in [-0.25, -0.2) is 4.79 Å². The minimum Gasteiger partial charge on any atom is -0.478 e. The molecule has 0 bridgehead atoms. The lowest BCUT2D eigenvalue weighted by atomic mass is 10.0. The predicted molar refractivity (Wildman–Crippen MR) is 65.5 cm³/mol. The summed E-state index contributed by atoms with van der Waals surface area (Å²) >= 11 is 0. The molecular weight excluding hydrogens is 252 g/mol. The van der Waals surface area contributed by atoms with Crippen LogP contribution in [0.5, 0.6) is 0 Å². The molecule has 3 N–H and O–H groups in total. The highest BCUT2D eigenvalue weighted by molar-refractivity contribution is 5.91. The molecule has 19 heavy (non-hydrogen) atoms. The fourth-order valence-electron chi connectivity index (χ4n) is 1.42. The molecule has 0 heterocycles. The minimum atomic E-state index is -1.28. The first-order valence-electron chi connectivity index (χ1n) is 5.12. The highest BCUT2D eigenvalue weighted by atomic mass is 16.6. The van der Waals surface area contributed by atoms with Gasteiger partial charge in [-0.05, 0) is 13.0 Å². The third kappa shape index (κ3) is 3.54. The van der Waals surface area contributed by atoms with Crippen LogP contribution in [-0.2, 0) is 4.79 Å². The lowest BCUT2D eigenvalue weighted by molar-refractivity contribution is -0.385. The number of rotatable bonds is 3. The van der Waals surface area contributed by atoms with Gasteiger partial charge in [-0.2, -0.15) is 0 Å². The molecule has 1 rings (SSSR count). The van der Waals surface area contributed by atoms with Crippen LogP contribution in [0.15, 0.2) is 12.1 Å². The number of nitro groups is 1. The van der Waals surface area contributed by atoms with Crippen LogP contribution in [0.25, 0.3) is 0 Å². The van der Waals surface area contributed by atoms with E-state index in [2.05, 4.69) is 11.8 Å². The fourth-order valence-corrected chi connectivity index (χ4v) is 1.42. The van der Waals surface area contributed by atoms with Gasteiger partial charge in [-0.3, -0.25) is 14.9 Å². The van der Waals surface area contributed by atoms with Crippen molar-refractivity contribution in [2.75, 3.05) is 0 Å². The van der Waals surface area contributed by atoms with E-state index in [9.17, 15) is 19.7 Å². The van der Waals surface area contributed by atoms with Gasteiger partial charge in [-0.15, -0.1) is 0 Å². The van der Waals surface area contributed by atoms with Gasteiger partial charge in [0.25, 0.3) is 5.69 Å². The maximum atomic E-state index is 11.0. The van der Waals surface area contributed by atoms with Gasteiger partial charge < -0.3 is 10.8 Å². The van der Waals surface area contributed by atoms with Gasteiger partial charge in [0.2, 0.25) is 5.91 Å². The van der Waals surface area contributed by atoms with E-state index in [1.807, 2.05) is 0 Å². The summed E-state index contributed by atoms with van der Waals surface area (Å²) in [6.07, 6.45) is -0.204. The van der Waals surface area contributed by atoms with E-state index < -0.39 is 16.8 Å². The molecule has 0 aliphatic heterocycles. The van der Waals surface area contributed by atoms with Crippen LogP contribution < -0.4 is 5.73 Å². The van der Waals surface area contributed by atoms with E-state index >= 15 is 0 Å². The summed E-state index contributed by atoms with van der Waals surface area (Å²) in [5, 5.41) is 19.8. The van der Waals surface area contributed by atoms with Crippen LogP contribution >= 0.6 is 0 Å². The van der Waals surface area contributed by atoms with E-state index in [1.165, 1.54) is 13.0 Å². The first-order valence-corrected chi connectivity index (χ1v) is 5.12. The number of hydrogen-bond acceptors (Lipinski definition) is 4. The molecule has 0 spiro atoms. The monoisotopic (exact) mass is 262 g/mol. The molecule has 1 aromatic carbocycles. The van der Waals surface area contributed by atoms with Gasteiger partial charge in [-0.1, -0.05) is 11.8 Å². The molecule has 98 valence electrons. The number of aromatic carboxylic acids is 1. The summed E-state index contributed by atoms with van der Waals surface area (Å²) in [7, 11) is 0. The number of benzene rings is 1. The number of hydrogen-bond donors (Lipinski definition) is 2. The standard InChI is InChI=1S/C12H10N2O5/c1-7-9(12(16)17)5-8(3-2-4-11(13)15)6-10(7)14(18)19/h5-6H,4H2,1H3,(H2,13,15)(H,16,17). The lowest BCUT2D eigenvalue weighted by Crippen LogP contribution is -2.08. The highest BCUT2D eigenvalue weighted by Crippen LogP contribution is 2.23. The number of carboxylic acid groups (broad SMARTS) is 1. The largest absolute Gasteiger partial charge is 0.478 e. The molecule has 0 saturated carbocycles. The summed E-state index contributed by atoms with van der Waals surface area (Å²) < 4.78 is 0. The smallest absolute Gasteiger partial charge is 0.336 e. The molecule has 7 heteroatoms. The number of nitrogens with zero attached hydrogens (tertiary/aromatic N) is 1. The molecule has 0 fully saturated rings. The van der Waals surface area contributed by atoms with Crippen LogP contribution in [0, 0.1) is 28.9 Å². The molecule has 0 atom stereocenters. The zero-order valence-electron chi connectivity index (χ0n) is 9.97. The van der Waals surface area contributed by atoms with Gasteiger partial charge >= 0.3 is 5.97 Å². The third-order valence-electron chi connectivity index (χ3n) is 2.30. The van der Waals surface area contributed by atoms with E-state index in [0.29, 0.717) is 0 Å². The number of nitrogens with two attached hydrogens (primary N) is 1. The first kappa shape index (κ1) is 14.2.